The highest BCUT2D eigenvalue weighted by molar-refractivity contribution is 7.98. The summed E-state index contributed by atoms with van der Waals surface area (Å²) in [4.78, 5) is 11.7. The quantitative estimate of drug-likeness (QED) is 0.855. The number of aromatic amines is 1. The van der Waals surface area contributed by atoms with E-state index in [2.05, 4.69) is 16.3 Å². The highest BCUT2D eigenvalue weighted by atomic mass is 32.2. The van der Waals surface area contributed by atoms with E-state index in [1.807, 2.05) is 0 Å². The van der Waals surface area contributed by atoms with Crippen LogP contribution in [0.5, 0.6) is 5.75 Å². The summed E-state index contributed by atoms with van der Waals surface area (Å²) in [6.07, 6.45) is 2.06. The summed E-state index contributed by atoms with van der Waals surface area (Å²) in [6.45, 7) is 0. The Morgan fingerprint density at radius 1 is 1.57 bits per heavy atom. The third-order valence-corrected chi connectivity index (χ3v) is 4.35. The summed E-state index contributed by atoms with van der Waals surface area (Å²) in [5.41, 5.74) is 1.35. The largest absolute Gasteiger partial charge is 0.496 e. The fraction of sp³-hybridized carbons (Fsp3) is 0.357. The number of thioether (sulfide) groups is 1. The van der Waals surface area contributed by atoms with Gasteiger partial charge in [0.15, 0.2) is 5.16 Å². The van der Waals surface area contributed by atoms with E-state index >= 15 is 0 Å². The monoisotopic (exact) mass is 302 g/mol. The SMILES string of the molecule is COc1ccc(C#N)cc1CSc1n[nH]c(=O)n1C1CC1. The number of nitriles is 1. The molecule has 1 N–H and O–H groups in total. The average molecular weight is 302 g/mol. The van der Waals surface area contributed by atoms with E-state index in [1.54, 1.807) is 29.9 Å². The molecular formula is C14H14N4O2S. The summed E-state index contributed by atoms with van der Waals surface area (Å²) >= 11 is 1.47. The van der Waals surface area contributed by atoms with Crippen LogP contribution in [0.15, 0.2) is 28.2 Å². The maximum absolute atomic E-state index is 11.7. The van der Waals surface area contributed by atoms with Gasteiger partial charge in [0.25, 0.3) is 0 Å². The molecule has 1 fully saturated rings. The predicted octanol–water partition coefficient (Wildman–Crippen LogP) is 2.08. The fourth-order valence-corrected chi connectivity index (χ4v) is 3.14. The molecule has 0 radical (unpaired) electrons. The molecule has 1 aromatic heterocycles. The topological polar surface area (TPSA) is 83.7 Å². The number of nitrogens with zero attached hydrogens (tertiary/aromatic N) is 3. The normalized spacial score (nSPS) is 13.9. The summed E-state index contributed by atoms with van der Waals surface area (Å²) < 4.78 is 7.02. The minimum absolute atomic E-state index is 0.155. The van der Waals surface area contributed by atoms with E-state index in [1.165, 1.54) is 11.8 Å². The van der Waals surface area contributed by atoms with E-state index in [0.29, 0.717) is 16.5 Å². The second-order valence-corrected chi connectivity index (χ2v) is 5.78. The van der Waals surface area contributed by atoms with Crippen LogP contribution >= 0.6 is 11.8 Å². The number of methoxy groups -OCH3 is 1. The number of ether oxygens (including phenoxy) is 1. The number of rotatable bonds is 5. The van der Waals surface area contributed by atoms with Crippen LogP contribution in [0, 0.1) is 11.3 Å². The molecule has 1 aliphatic rings. The van der Waals surface area contributed by atoms with Crippen molar-refractivity contribution in [1.29, 1.82) is 5.26 Å². The maximum atomic E-state index is 11.7. The van der Waals surface area contributed by atoms with Gasteiger partial charge in [0.05, 0.1) is 18.7 Å². The number of H-pyrrole nitrogens is 1. The zero-order valence-corrected chi connectivity index (χ0v) is 12.3. The highest BCUT2D eigenvalue weighted by Gasteiger charge is 2.28. The molecule has 7 heteroatoms. The first-order valence-electron chi connectivity index (χ1n) is 6.59. The van der Waals surface area contributed by atoms with Crippen LogP contribution < -0.4 is 10.4 Å². The van der Waals surface area contributed by atoms with E-state index in [0.717, 1.165) is 24.2 Å². The van der Waals surface area contributed by atoms with Gasteiger partial charge in [-0.05, 0) is 31.0 Å². The lowest BCUT2D eigenvalue weighted by atomic mass is 10.1. The van der Waals surface area contributed by atoms with Gasteiger partial charge in [0.2, 0.25) is 0 Å². The Kier molecular flexibility index (Phi) is 3.71. The number of hydrogen-bond donors (Lipinski definition) is 1. The van der Waals surface area contributed by atoms with Crippen molar-refractivity contribution < 1.29 is 4.74 Å². The van der Waals surface area contributed by atoms with Crippen molar-refractivity contribution >= 4 is 11.8 Å². The highest BCUT2D eigenvalue weighted by Crippen LogP contribution is 2.37. The van der Waals surface area contributed by atoms with Gasteiger partial charge in [0.1, 0.15) is 5.75 Å². The molecule has 0 unspecified atom stereocenters. The fourth-order valence-electron chi connectivity index (χ4n) is 2.15. The van der Waals surface area contributed by atoms with Gasteiger partial charge in [-0.3, -0.25) is 4.57 Å². The Hall–Kier alpha value is -2.20. The van der Waals surface area contributed by atoms with Crippen molar-refractivity contribution in [2.75, 3.05) is 7.11 Å². The summed E-state index contributed by atoms with van der Waals surface area (Å²) in [7, 11) is 1.60. The number of aromatic nitrogens is 3. The molecule has 108 valence electrons. The summed E-state index contributed by atoms with van der Waals surface area (Å²) in [6, 6.07) is 7.71. The third kappa shape index (κ3) is 2.81. The molecule has 2 aromatic rings. The van der Waals surface area contributed by atoms with Crippen LogP contribution in [0.4, 0.5) is 0 Å². The van der Waals surface area contributed by atoms with Crippen molar-refractivity contribution in [3.8, 4) is 11.8 Å². The molecule has 6 nitrogen and oxygen atoms in total. The van der Waals surface area contributed by atoms with Gasteiger partial charge >= 0.3 is 5.69 Å². The van der Waals surface area contributed by atoms with Crippen LogP contribution in [-0.2, 0) is 5.75 Å². The third-order valence-electron chi connectivity index (χ3n) is 3.35. The van der Waals surface area contributed by atoms with Crippen LogP contribution in [0.3, 0.4) is 0 Å². The smallest absolute Gasteiger partial charge is 0.344 e. The molecule has 1 saturated carbocycles. The summed E-state index contributed by atoms with van der Waals surface area (Å²) in [5, 5.41) is 16.2. The Bertz CT molecular complexity index is 755. The molecule has 1 aromatic carbocycles. The van der Waals surface area contributed by atoms with Crippen LogP contribution in [0.1, 0.15) is 30.0 Å². The average Bonchev–Trinajstić information content (AvgIpc) is 3.28. The standard InChI is InChI=1S/C14H14N4O2S/c1-20-12-5-2-9(7-15)6-10(12)8-21-14-17-16-13(19)18(14)11-3-4-11/h2,5-6,11H,3-4,8H2,1H3,(H,16,19). The minimum atomic E-state index is -0.155. The predicted molar refractivity (Wildman–Crippen MR) is 78.4 cm³/mol. The van der Waals surface area contributed by atoms with Crippen molar-refractivity contribution in [2.45, 2.75) is 29.8 Å². The molecule has 0 atom stereocenters. The molecule has 0 bridgehead atoms. The van der Waals surface area contributed by atoms with Gasteiger partial charge < -0.3 is 4.74 Å². The van der Waals surface area contributed by atoms with Crippen LogP contribution in [0.2, 0.25) is 0 Å². The van der Waals surface area contributed by atoms with Crippen LogP contribution in [0.25, 0.3) is 0 Å². The minimum Gasteiger partial charge on any atom is -0.496 e. The zero-order chi connectivity index (χ0) is 14.8. The summed E-state index contributed by atoms with van der Waals surface area (Å²) in [5.74, 6) is 1.33. The van der Waals surface area contributed by atoms with Crippen molar-refractivity contribution in [1.82, 2.24) is 14.8 Å². The molecule has 1 heterocycles. The van der Waals surface area contributed by atoms with Gasteiger partial charge in [0, 0.05) is 17.4 Å². The van der Waals surface area contributed by atoms with Crippen molar-refractivity contribution in [3.05, 3.63) is 39.8 Å². The molecule has 1 aliphatic carbocycles. The van der Waals surface area contributed by atoms with E-state index in [4.69, 9.17) is 10.00 Å². The van der Waals surface area contributed by atoms with E-state index < -0.39 is 0 Å². The molecular weight excluding hydrogens is 288 g/mol. The molecule has 0 amide bonds. The maximum Gasteiger partial charge on any atom is 0.344 e. The second kappa shape index (κ2) is 5.66. The molecule has 0 aliphatic heterocycles. The Balaban J connectivity index is 1.82. The number of benzene rings is 1. The molecule has 0 spiro atoms. The lowest BCUT2D eigenvalue weighted by Gasteiger charge is -2.08. The van der Waals surface area contributed by atoms with Gasteiger partial charge in [-0.25, -0.2) is 9.89 Å². The molecule has 21 heavy (non-hydrogen) atoms. The first kappa shape index (κ1) is 13.8. The Morgan fingerprint density at radius 2 is 2.38 bits per heavy atom. The second-order valence-electron chi connectivity index (χ2n) is 4.84. The lowest BCUT2D eigenvalue weighted by molar-refractivity contribution is 0.411. The zero-order valence-electron chi connectivity index (χ0n) is 11.5. The van der Waals surface area contributed by atoms with Gasteiger partial charge in [-0.2, -0.15) is 5.26 Å². The Morgan fingerprint density at radius 3 is 3.05 bits per heavy atom. The van der Waals surface area contributed by atoms with Crippen molar-refractivity contribution in [2.24, 2.45) is 0 Å². The van der Waals surface area contributed by atoms with E-state index in [-0.39, 0.29) is 11.7 Å². The number of nitrogens with one attached hydrogen (secondary N) is 1. The first-order chi connectivity index (χ1) is 10.2. The lowest BCUT2D eigenvalue weighted by Crippen LogP contribution is -2.16. The van der Waals surface area contributed by atoms with Crippen molar-refractivity contribution in [3.63, 3.8) is 0 Å². The van der Waals surface area contributed by atoms with E-state index in [9.17, 15) is 4.79 Å². The van der Waals surface area contributed by atoms with Crippen LogP contribution in [-0.4, -0.2) is 21.9 Å². The van der Waals surface area contributed by atoms with Gasteiger partial charge in [-0.15, -0.1) is 5.10 Å². The molecule has 3 rings (SSSR count). The number of hydrogen-bond acceptors (Lipinski definition) is 5. The van der Waals surface area contributed by atoms with Gasteiger partial charge in [-0.1, -0.05) is 11.8 Å². The Labute approximate surface area is 125 Å². The molecule has 0 saturated heterocycles. The first-order valence-corrected chi connectivity index (χ1v) is 7.58.